The lowest BCUT2D eigenvalue weighted by atomic mass is 10.1. The number of carbonyl (C=O) groups excluding carboxylic acids is 1. The zero-order valence-electron chi connectivity index (χ0n) is 15.1. The van der Waals surface area contributed by atoms with E-state index in [1.54, 1.807) is 32.2 Å². The van der Waals surface area contributed by atoms with Crippen LogP contribution in [-0.4, -0.2) is 32.7 Å². The molecule has 1 heterocycles. The van der Waals surface area contributed by atoms with Gasteiger partial charge in [-0.3, -0.25) is 4.79 Å². The van der Waals surface area contributed by atoms with Gasteiger partial charge < -0.3 is 10.6 Å². The smallest absolute Gasteiger partial charge is 0.355 e. The predicted molar refractivity (Wildman–Crippen MR) is 97.0 cm³/mol. The summed E-state index contributed by atoms with van der Waals surface area (Å²) >= 11 is 0. The molecule has 2 aromatic carbocycles. The van der Waals surface area contributed by atoms with E-state index >= 15 is 0 Å². The molecule has 0 bridgehead atoms. The Morgan fingerprint density at radius 2 is 1.96 bits per heavy atom. The number of tetrazole rings is 1. The summed E-state index contributed by atoms with van der Waals surface area (Å²) in [4.78, 5) is 13.4. The van der Waals surface area contributed by atoms with E-state index in [9.17, 15) is 18.0 Å². The van der Waals surface area contributed by atoms with Crippen LogP contribution in [-0.2, 0) is 13.2 Å². The summed E-state index contributed by atoms with van der Waals surface area (Å²) in [6.45, 7) is 2.26. The maximum atomic E-state index is 13.0. The second-order valence-corrected chi connectivity index (χ2v) is 5.93. The van der Waals surface area contributed by atoms with E-state index < -0.39 is 11.7 Å². The summed E-state index contributed by atoms with van der Waals surface area (Å²) in [5.41, 5.74) is 0.731. The minimum atomic E-state index is -4.45. The van der Waals surface area contributed by atoms with Crippen molar-refractivity contribution >= 4 is 17.3 Å². The van der Waals surface area contributed by atoms with Crippen LogP contribution in [0.5, 0.6) is 0 Å². The fraction of sp³-hybridized carbons (Fsp3) is 0.222. The van der Waals surface area contributed by atoms with Crippen molar-refractivity contribution < 1.29 is 18.0 Å². The molecular weight excluding hydrogens is 373 g/mol. The molecule has 1 aromatic heterocycles. The highest BCUT2D eigenvalue weighted by molar-refractivity contribution is 5.96. The van der Waals surface area contributed by atoms with Gasteiger partial charge in [-0.25, -0.2) is 0 Å². The molecule has 28 heavy (non-hydrogen) atoms. The van der Waals surface area contributed by atoms with Crippen molar-refractivity contribution in [3.63, 3.8) is 0 Å². The molecule has 0 unspecified atom stereocenters. The van der Waals surface area contributed by atoms with Gasteiger partial charge in [0, 0.05) is 29.0 Å². The summed E-state index contributed by atoms with van der Waals surface area (Å²) in [6, 6.07) is 9.56. The number of halogens is 3. The van der Waals surface area contributed by atoms with Crippen LogP contribution in [0.3, 0.4) is 0 Å². The number of aryl methyl sites for hydroxylation is 1. The maximum absolute atomic E-state index is 13.0. The lowest BCUT2D eigenvalue weighted by Gasteiger charge is -2.14. The third kappa shape index (κ3) is 4.27. The zero-order valence-corrected chi connectivity index (χ0v) is 15.1. The van der Waals surface area contributed by atoms with Crippen molar-refractivity contribution in [2.45, 2.75) is 13.1 Å². The highest BCUT2D eigenvalue weighted by Crippen LogP contribution is 2.33. The van der Waals surface area contributed by atoms with Crippen molar-refractivity contribution in [3.05, 3.63) is 53.6 Å². The molecule has 2 N–H and O–H groups in total. The van der Waals surface area contributed by atoms with Crippen molar-refractivity contribution in [2.75, 3.05) is 11.9 Å². The molecule has 146 valence electrons. The number of amides is 1. The first-order valence-corrected chi connectivity index (χ1v) is 8.39. The van der Waals surface area contributed by atoms with E-state index in [4.69, 9.17) is 0 Å². The Labute approximate surface area is 158 Å². The van der Waals surface area contributed by atoms with Gasteiger partial charge in [-0.2, -0.15) is 18.0 Å². The molecular formula is C18H17F3N6O. The van der Waals surface area contributed by atoms with Gasteiger partial charge in [-0.15, -0.1) is 10.2 Å². The number of hydrogen-bond acceptors (Lipinski definition) is 5. The number of anilines is 2. The number of nitrogens with zero attached hydrogens (tertiary/aromatic N) is 4. The first kappa shape index (κ1) is 19.3. The number of hydrogen-bond donors (Lipinski definition) is 2. The van der Waals surface area contributed by atoms with Gasteiger partial charge >= 0.3 is 6.18 Å². The second-order valence-electron chi connectivity index (χ2n) is 5.93. The van der Waals surface area contributed by atoms with Crippen LogP contribution < -0.4 is 10.6 Å². The molecule has 0 atom stereocenters. The van der Waals surface area contributed by atoms with E-state index in [2.05, 4.69) is 26.0 Å². The Morgan fingerprint density at radius 3 is 2.61 bits per heavy atom. The van der Waals surface area contributed by atoms with Crippen LogP contribution in [0.2, 0.25) is 0 Å². The second kappa shape index (κ2) is 7.67. The fourth-order valence-electron chi connectivity index (χ4n) is 2.56. The average molecular weight is 390 g/mol. The summed E-state index contributed by atoms with van der Waals surface area (Å²) in [6.07, 6.45) is -4.45. The number of rotatable bonds is 5. The number of aromatic nitrogens is 4. The first-order valence-electron chi connectivity index (χ1n) is 8.39. The molecule has 0 aliphatic rings. The van der Waals surface area contributed by atoms with Crippen LogP contribution in [0.4, 0.5) is 24.5 Å². The predicted octanol–water partition coefficient (Wildman–Crippen LogP) is 3.39. The highest BCUT2D eigenvalue weighted by Gasteiger charge is 2.30. The number of carbonyl (C=O) groups is 1. The molecule has 0 spiro atoms. The van der Waals surface area contributed by atoms with Crippen LogP contribution in [0.15, 0.2) is 42.5 Å². The standard InChI is InChI=1S/C18H17F3N6O/c1-3-22-17(28)11-7-8-15(14(9-11)16-24-26-27(2)25-16)23-13-6-4-5-12(10-13)18(19,20)21/h4-10,23H,3H2,1-2H3,(H,22,28). The van der Waals surface area contributed by atoms with E-state index in [-0.39, 0.29) is 17.4 Å². The Kier molecular flexibility index (Phi) is 5.30. The molecule has 7 nitrogen and oxygen atoms in total. The van der Waals surface area contributed by atoms with E-state index in [0.29, 0.717) is 23.4 Å². The normalized spacial score (nSPS) is 11.3. The van der Waals surface area contributed by atoms with E-state index in [1.807, 2.05) is 0 Å². The third-order valence-electron chi connectivity index (χ3n) is 3.84. The van der Waals surface area contributed by atoms with Gasteiger partial charge in [-0.1, -0.05) is 6.07 Å². The Morgan fingerprint density at radius 1 is 1.18 bits per heavy atom. The molecule has 0 radical (unpaired) electrons. The maximum Gasteiger partial charge on any atom is 0.416 e. The van der Waals surface area contributed by atoms with E-state index in [0.717, 1.165) is 12.1 Å². The van der Waals surface area contributed by atoms with Crippen LogP contribution in [0.25, 0.3) is 11.4 Å². The Bertz CT molecular complexity index is 999. The fourth-order valence-corrected chi connectivity index (χ4v) is 2.56. The van der Waals surface area contributed by atoms with Gasteiger partial charge in [0.25, 0.3) is 5.91 Å². The number of nitrogens with one attached hydrogen (secondary N) is 2. The van der Waals surface area contributed by atoms with Gasteiger partial charge in [0.05, 0.1) is 12.6 Å². The monoisotopic (exact) mass is 390 g/mol. The quantitative estimate of drug-likeness (QED) is 0.698. The number of benzene rings is 2. The minimum absolute atomic E-state index is 0.239. The SMILES string of the molecule is CCNC(=O)c1ccc(Nc2cccc(C(F)(F)F)c2)c(-c2nnn(C)n2)c1. The molecule has 0 saturated carbocycles. The lowest BCUT2D eigenvalue weighted by molar-refractivity contribution is -0.137. The molecule has 0 aliphatic carbocycles. The summed E-state index contributed by atoms with van der Waals surface area (Å²) in [5, 5.41) is 17.5. The molecule has 0 aliphatic heterocycles. The first-order chi connectivity index (χ1) is 13.3. The largest absolute Gasteiger partial charge is 0.416 e. The molecule has 3 aromatic rings. The Balaban J connectivity index is 2.02. The molecule has 10 heteroatoms. The summed E-state index contributed by atoms with van der Waals surface area (Å²) in [7, 11) is 1.59. The number of alkyl halides is 3. The molecule has 0 fully saturated rings. The van der Waals surface area contributed by atoms with Crippen molar-refractivity contribution in [1.82, 2.24) is 25.5 Å². The van der Waals surface area contributed by atoms with Crippen LogP contribution >= 0.6 is 0 Å². The minimum Gasteiger partial charge on any atom is -0.355 e. The van der Waals surface area contributed by atoms with Crippen LogP contribution in [0, 0.1) is 0 Å². The highest BCUT2D eigenvalue weighted by atomic mass is 19.4. The van der Waals surface area contributed by atoms with Gasteiger partial charge in [0.1, 0.15) is 0 Å². The van der Waals surface area contributed by atoms with E-state index in [1.165, 1.54) is 16.9 Å². The summed E-state index contributed by atoms with van der Waals surface area (Å²) in [5.74, 6) is -0.0404. The van der Waals surface area contributed by atoms with Gasteiger partial charge in [0.15, 0.2) is 0 Å². The average Bonchev–Trinajstić information content (AvgIpc) is 3.08. The Hall–Kier alpha value is -3.43. The van der Waals surface area contributed by atoms with Gasteiger partial charge in [-0.05, 0) is 48.5 Å². The lowest BCUT2D eigenvalue weighted by Crippen LogP contribution is -2.22. The zero-order chi connectivity index (χ0) is 20.3. The van der Waals surface area contributed by atoms with Crippen molar-refractivity contribution in [2.24, 2.45) is 7.05 Å². The molecule has 0 saturated heterocycles. The molecule has 3 rings (SSSR count). The molecule has 1 amide bonds. The van der Waals surface area contributed by atoms with Crippen LogP contribution in [0.1, 0.15) is 22.8 Å². The topological polar surface area (TPSA) is 84.7 Å². The summed E-state index contributed by atoms with van der Waals surface area (Å²) < 4.78 is 38.9. The third-order valence-corrected chi connectivity index (χ3v) is 3.84. The van der Waals surface area contributed by atoms with Crippen molar-refractivity contribution in [1.29, 1.82) is 0 Å². The van der Waals surface area contributed by atoms with Crippen molar-refractivity contribution in [3.8, 4) is 11.4 Å². The van der Waals surface area contributed by atoms with Gasteiger partial charge in [0.2, 0.25) is 5.82 Å².